The standard InChI is InChI=1S/C14H14FN3O6P2/c15-14(25(19,20)21,26(22,23)24)5-9-3-12(7-16-6-9)10-1-2-11-8-17-18-13(11)4-10/h1-4,6-8H,5H2,(H,17,18)(H2,19,20,21)(H2,22,23,24). The van der Waals surface area contributed by atoms with Crippen molar-refractivity contribution in [1.29, 1.82) is 0 Å². The molecule has 0 spiro atoms. The summed E-state index contributed by atoms with van der Waals surface area (Å²) in [6.45, 7) is 0. The van der Waals surface area contributed by atoms with Crippen LogP contribution in [-0.4, -0.2) is 39.9 Å². The van der Waals surface area contributed by atoms with Gasteiger partial charge in [-0.3, -0.25) is 19.2 Å². The van der Waals surface area contributed by atoms with E-state index in [0.717, 1.165) is 17.1 Å². The summed E-state index contributed by atoms with van der Waals surface area (Å²) in [5, 5.41) is 3.52. The van der Waals surface area contributed by atoms with Crippen LogP contribution in [0.5, 0.6) is 0 Å². The molecule has 9 nitrogen and oxygen atoms in total. The van der Waals surface area contributed by atoms with Gasteiger partial charge in [-0.25, -0.2) is 4.39 Å². The van der Waals surface area contributed by atoms with E-state index in [1.165, 1.54) is 12.3 Å². The van der Waals surface area contributed by atoms with Crippen molar-refractivity contribution >= 4 is 26.1 Å². The Morgan fingerprint density at radius 3 is 2.35 bits per heavy atom. The lowest BCUT2D eigenvalue weighted by Gasteiger charge is -2.26. The van der Waals surface area contributed by atoms with Gasteiger partial charge in [0, 0.05) is 29.8 Å². The second-order valence-electron chi connectivity index (χ2n) is 5.74. The minimum Gasteiger partial charge on any atom is -0.322 e. The van der Waals surface area contributed by atoms with E-state index in [9.17, 15) is 13.5 Å². The van der Waals surface area contributed by atoms with E-state index in [2.05, 4.69) is 15.2 Å². The summed E-state index contributed by atoms with van der Waals surface area (Å²) in [5.74, 6) is 0. The molecule has 0 bridgehead atoms. The zero-order valence-corrected chi connectivity index (χ0v) is 14.8. The van der Waals surface area contributed by atoms with Crippen molar-refractivity contribution in [2.75, 3.05) is 0 Å². The number of nitrogens with zero attached hydrogens (tertiary/aromatic N) is 2. The fourth-order valence-corrected chi connectivity index (χ4v) is 4.63. The maximum atomic E-state index is 14.6. The smallest absolute Gasteiger partial charge is 0.322 e. The highest BCUT2D eigenvalue weighted by Crippen LogP contribution is 2.71. The van der Waals surface area contributed by atoms with Gasteiger partial charge in [-0.05, 0) is 23.3 Å². The third-order valence-electron chi connectivity index (χ3n) is 3.89. The van der Waals surface area contributed by atoms with Crippen LogP contribution in [0.3, 0.4) is 0 Å². The van der Waals surface area contributed by atoms with Crippen LogP contribution < -0.4 is 0 Å². The first kappa shape index (κ1) is 18.8. The van der Waals surface area contributed by atoms with Crippen molar-refractivity contribution < 1.29 is 33.1 Å². The van der Waals surface area contributed by atoms with E-state index in [1.54, 1.807) is 24.4 Å². The second kappa shape index (κ2) is 6.35. The number of H-pyrrole nitrogens is 1. The van der Waals surface area contributed by atoms with Crippen LogP contribution in [0, 0.1) is 0 Å². The monoisotopic (exact) mass is 401 g/mol. The van der Waals surface area contributed by atoms with Gasteiger partial charge < -0.3 is 19.6 Å². The molecule has 5 N–H and O–H groups in total. The van der Waals surface area contributed by atoms with Crippen LogP contribution in [-0.2, 0) is 15.6 Å². The van der Waals surface area contributed by atoms with Gasteiger partial charge in [-0.2, -0.15) is 5.10 Å². The van der Waals surface area contributed by atoms with Crippen LogP contribution in [0.25, 0.3) is 22.0 Å². The summed E-state index contributed by atoms with van der Waals surface area (Å²) in [6, 6.07) is 6.64. The fraction of sp³-hybridized carbons (Fsp3) is 0.143. The molecule has 26 heavy (non-hydrogen) atoms. The largest absolute Gasteiger partial charge is 0.375 e. The van der Waals surface area contributed by atoms with Crippen molar-refractivity contribution in [2.45, 2.75) is 11.6 Å². The minimum absolute atomic E-state index is 0.0682. The molecule has 2 heterocycles. The number of aromatic nitrogens is 3. The van der Waals surface area contributed by atoms with Crippen molar-refractivity contribution in [1.82, 2.24) is 15.2 Å². The summed E-state index contributed by atoms with van der Waals surface area (Å²) >= 11 is 0. The molecule has 12 heteroatoms. The molecule has 2 aromatic heterocycles. The zero-order valence-electron chi connectivity index (χ0n) is 13.0. The second-order valence-corrected chi connectivity index (χ2v) is 9.68. The Bertz CT molecular complexity index is 1040. The predicted octanol–water partition coefficient (Wildman–Crippen LogP) is 2.15. The van der Waals surface area contributed by atoms with Crippen LogP contribution in [0.4, 0.5) is 4.39 Å². The molecule has 1 aromatic carbocycles. The van der Waals surface area contributed by atoms with Crippen molar-refractivity contribution in [3.05, 3.63) is 48.4 Å². The molecule has 0 aliphatic heterocycles. The Labute approximate surface area is 146 Å². The van der Waals surface area contributed by atoms with Crippen LogP contribution in [0.2, 0.25) is 0 Å². The van der Waals surface area contributed by atoms with E-state index in [4.69, 9.17) is 19.6 Å². The third kappa shape index (κ3) is 3.35. The summed E-state index contributed by atoms with van der Waals surface area (Å²) in [4.78, 5) is 40.4. The molecule has 0 atom stereocenters. The average molecular weight is 401 g/mol. The van der Waals surface area contributed by atoms with Crippen LogP contribution in [0.1, 0.15) is 5.56 Å². The summed E-state index contributed by atoms with van der Waals surface area (Å²) < 4.78 is 37.4. The Balaban J connectivity index is 2.01. The molecular weight excluding hydrogens is 387 g/mol. The summed E-state index contributed by atoms with van der Waals surface area (Å²) in [7, 11) is -11.5. The van der Waals surface area contributed by atoms with Gasteiger partial charge in [0.1, 0.15) is 0 Å². The minimum atomic E-state index is -5.76. The first-order valence-electron chi connectivity index (χ1n) is 7.19. The number of pyridine rings is 1. The number of hydrogen-bond donors (Lipinski definition) is 5. The number of fused-ring (bicyclic) bond motifs is 1. The molecule has 3 rings (SSSR count). The topological polar surface area (TPSA) is 157 Å². The van der Waals surface area contributed by atoms with Gasteiger partial charge in [0.05, 0.1) is 11.7 Å². The normalized spacial score (nSPS) is 13.3. The number of aromatic amines is 1. The molecular formula is C14H14FN3O6P2. The van der Waals surface area contributed by atoms with Gasteiger partial charge in [-0.1, -0.05) is 12.1 Å². The molecule has 0 fully saturated rings. The number of rotatable bonds is 5. The third-order valence-corrected chi connectivity index (χ3v) is 7.56. The van der Waals surface area contributed by atoms with E-state index >= 15 is 0 Å². The lowest BCUT2D eigenvalue weighted by molar-refractivity contribution is 0.222. The SMILES string of the molecule is O=P(O)(O)C(F)(Cc1cncc(-c2ccc3cn[nH]c3c2)c1)P(=O)(O)O. The maximum Gasteiger partial charge on any atom is 0.375 e. The quantitative estimate of drug-likeness (QED) is 0.407. The Kier molecular flexibility index (Phi) is 4.60. The molecule has 138 valence electrons. The molecule has 0 radical (unpaired) electrons. The van der Waals surface area contributed by atoms with Crippen LogP contribution in [0.15, 0.2) is 42.9 Å². The lowest BCUT2D eigenvalue weighted by atomic mass is 10.0. The number of nitrogens with one attached hydrogen (secondary N) is 1. The first-order chi connectivity index (χ1) is 12.0. The molecule has 3 aromatic rings. The Hall–Kier alpha value is -1.93. The summed E-state index contributed by atoms with van der Waals surface area (Å²) in [5.41, 5.74) is 1.81. The highest BCUT2D eigenvalue weighted by Gasteiger charge is 2.61. The van der Waals surface area contributed by atoms with Crippen molar-refractivity contribution in [3.63, 3.8) is 0 Å². The number of hydrogen-bond acceptors (Lipinski definition) is 4. The lowest BCUT2D eigenvalue weighted by Crippen LogP contribution is -2.26. The van der Waals surface area contributed by atoms with Gasteiger partial charge >= 0.3 is 20.3 Å². The number of alkyl halides is 1. The van der Waals surface area contributed by atoms with Gasteiger partial charge in [0.2, 0.25) is 0 Å². The first-order valence-corrected chi connectivity index (χ1v) is 10.4. The molecule has 0 saturated heterocycles. The molecule has 0 unspecified atom stereocenters. The van der Waals surface area contributed by atoms with Gasteiger partial charge in [-0.15, -0.1) is 0 Å². The molecule has 0 aliphatic rings. The van der Waals surface area contributed by atoms with E-state index in [0.29, 0.717) is 11.1 Å². The van der Waals surface area contributed by atoms with Crippen molar-refractivity contribution in [2.24, 2.45) is 0 Å². The van der Waals surface area contributed by atoms with Gasteiger partial charge in [0.25, 0.3) is 0 Å². The Morgan fingerprint density at radius 1 is 1.00 bits per heavy atom. The zero-order chi connectivity index (χ0) is 19.2. The number of benzene rings is 1. The summed E-state index contributed by atoms with van der Waals surface area (Å²) in [6.07, 6.45) is 2.98. The highest BCUT2D eigenvalue weighted by molar-refractivity contribution is 7.72. The van der Waals surface area contributed by atoms with Crippen molar-refractivity contribution in [3.8, 4) is 11.1 Å². The fourth-order valence-electron chi connectivity index (χ4n) is 2.49. The van der Waals surface area contributed by atoms with E-state index < -0.39 is 26.8 Å². The molecule has 0 amide bonds. The average Bonchev–Trinajstić information content (AvgIpc) is 3.00. The van der Waals surface area contributed by atoms with E-state index in [-0.39, 0.29) is 5.56 Å². The number of halogens is 1. The highest BCUT2D eigenvalue weighted by atomic mass is 31.2. The molecule has 0 aliphatic carbocycles. The predicted molar refractivity (Wildman–Crippen MR) is 91.0 cm³/mol. The van der Waals surface area contributed by atoms with Crippen LogP contribution >= 0.6 is 15.2 Å². The maximum absolute atomic E-state index is 14.6. The van der Waals surface area contributed by atoms with Gasteiger partial charge in [0.15, 0.2) is 0 Å². The van der Waals surface area contributed by atoms with E-state index in [1.807, 2.05) is 0 Å². The Morgan fingerprint density at radius 2 is 1.69 bits per heavy atom. The molecule has 0 saturated carbocycles.